The van der Waals surface area contributed by atoms with Gasteiger partial charge in [0.1, 0.15) is 5.75 Å². The fourth-order valence-electron chi connectivity index (χ4n) is 1.71. The van der Waals surface area contributed by atoms with Crippen LogP contribution in [0.5, 0.6) is 5.75 Å². The number of ether oxygens (including phenoxy) is 4. The SMILES string of the molecule is COc1ccc(C2(C)N=NC(OC)(OC)O2)cc1. The van der Waals surface area contributed by atoms with E-state index in [9.17, 15) is 0 Å². The molecule has 18 heavy (non-hydrogen) atoms. The molecule has 1 aliphatic heterocycles. The van der Waals surface area contributed by atoms with Gasteiger partial charge in [0, 0.05) is 19.8 Å². The molecule has 0 saturated carbocycles. The van der Waals surface area contributed by atoms with Crippen LogP contribution in [0.4, 0.5) is 0 Å². The molecule has 0 amide bonds. The van der Waals surface area contributed by atoms with E-state index < -0.39 is 11.8 Å². The molecule has 6 nitrogen and oxygen atoms in total. The first kappa shape index (κ1) is 12.9. The molecule has 2 rings (SSSR count). The summed E-state index contributed by atoms with van der Waals surface area (Å²) in [6.45, 7) is 1.79. The summed E-state index contributed by atoms with van der Waals surface area (Å²) < 4.78 is 20.9. The molecular weight excluding hydrogens is 236 g/mol. The lowest BCUT2D eigenvalue weighted by Gasteiger charge is -2.26. The standard InChI is InChI=1S/C12H16N2O4/c1-11(9-5-7-10(15-2)8-6-9)13-14-12(16-3,17-4)18-11/h5-8H,1-4H3. The maximum Gasteiger partial charge on any atom is 0.414 e. The van der Waals surface area contributed by atoms with Crippen molar-refractivity contribution in [2.75, 3.05) is 21.3 Å². The van der Waals surface area contributed by atoms with Crippen LogP contribution in [0.15, 0.2) is 34.5 Å². The molecule has 0 aliphatic carbocycles. The lowest BCUT2D eigenvalue weighted by atomic mass is 10.1. The van der Waals surface area contributed by atoms with Gasteiger partial charge in [-0.05, 0) is 19.1 Å². The minimum Gasteiger partial charge on any atom is -0.497 e. The van der Waals surface area contributed by atoms with Crippen LogP contribution in [0.25, 0.3) is 0 Å². The number of methoxy groups -OCH3 is 3. The van der Waals surface area contributed by atoms with Gasteiger partial charge >= 0.3 is 6.10 Å². The average Bonchev–Trinajstić information content (AvgIpc) is 2.79. The maximum absolute atomic E-state index is 5.68. The van der Waals surface area contributed by atoms with E-state index in [-0.39, 0.29) is 0 Å². The van der Waals surface area contributed by atoms with Crippen LogP contribution in [0.2, 0.25) is 0 Å². The second kappa shape index (κ2) is 4.64. The molecule has 1 atom stereocenters. The van der Waals surface area contributed by atoms with Gasteiger partial charge in [-0.25, -0.2) is 0 Å². The Morgan fingerprint density at radius 3 is 2.06 bits per heavy atom. The van der Waals surface area contributed by atoms with Crippen LogP contribution in [-0.4, -0.2) is 27.4 Å². The van der Waals surface area contributed by atoms with Gasteiger partial charge in [-0.2, -0.15) is 0 Å². The molecule has 0 fully saturated rings. The van der Waals surface area contributed by atoms with Crippen LogP contribution in [0.3, 0.4) is 0 Å². The number of benzene rings is 1. The molecule has 6 heteroatoms. The third-order valence-electron chi connectivity index (χ3n) is 2.83. The molecule has 0 aromatic heterocycles. The van der Waals surface area contributed by atoms with Crippen LogP contribution in [0.1, 0.15) is 12.5 Å². The predicted molar refractivity (Wildman–Crippen MR) is 63.0 cm³/mol. The van der Waals surface area contributed by atoms with Crippen LogP contribution < -0.4 is 4.74 Å². The second-order valence-electron chi connectivity index (χ2n) is 3.95. The van der Waals surface area contributed by atoms with E-state index in [4.69, 9.17) is 18.9 Å². The molecule has 1 aromatic carbocycles. The average molecular weight is 252 g/mol. The number of rotatable bonds is 4. The molecule has 0 saturated heterocycles. The van der Waals surface area contributed by atoms with Gasteiger partial charge in [0.25, 0.3) is 0 Å². The molecule has 98 valence electrons. The Balaban J connectivity index is 2.26. The molecule has 1 heterocycles. The van der Waals surface area contributed by atoms with Crippen molar-refractivity contribution in [3.8, 4) is 5.75 Å². The van der Waals surface area contributed by atoms with Crippen molar-refractivity contribution < 1.29 is 18.9 Å². The number of hydrogen-bond donors (Lipinski definition) is 0. The first-order valence-electron chi connectivity index (χ1n) is 5.46. The largest absolute Gasteiger partial charge is 0.497 e. The lowest BCUT2D eigenvalue weighted by Crippen LogP contribution is -2.36. The van der Waals surface area contributed by atoms with E-state index in [0.29, 0.717) is 0 Å². The zero-order chi connectivity index (χ0) is 13.2. The minimum absolute atomic E-state index is 0.766. The topological polar surface area (TPSA) is 61.6 Å². The molecule has 0 N–H and O–H groups in total. The van der Waals surface area contributed by atoms with Crippen molar-refractivity contribution in [1.82, 2.24) is 0 Å². The Morgan fingerprint density at radius 1 is 1.00 bits per heavy atom. The van der Waals surface area contributed by atoms with E-state index in [0.717, 1.165) is 11.3 Å². The molecule has 1 aromatic rings. The van der Waals surface area contributed by atoms with Gasteiger partial charge < -0.3 is 14.2 Å². The number of nitrogens with zero attached hydrogens (tertiary/aromatic N) is 2. The van der Waals surface area contributed by atoms with Crippen molar-refractivity contribution in [3.63, 3.8) is 0 Å². The molecule has 0 spiro atoms. The summed E-state index contributed by atoms with van der Waals surface area (Å²) >= 11 is 0. The fourth-order valence-corrected chi connectivity index (χ4v) is 1.71. The van der Waals surface area contributed by atoms with Crippen molar-refractivity contribution >= 4 is 0 Å². The zero-order valence-electron chi connectivity index (χ0n) is 10.8. The number of azo groups is 1. The van der Waals surface area contributed by atoms with Gasteiger partial charge in [-0.1, -0.05) is 17.2 Å². The smallest absolute Gasteiger partial charge is 0.414 e. The Hall–Kier alpha value is -1.50. The normalized spacial score (nSPS) is 25.3. The lowest BCUT2D eigenvalue weighted by molar-refractivity contribution is -0.371. The summed E-state index contributed by atoms with van der Waals surface area (Å²) in [6.07, 6.45) is -1.46. The zero-order valence-corrected chi connectivity index (χ0v) is 10.8. The van der Waals surface area contributed by atoms with Gasteiger partial charge in [-0.3, -0.25) is 4.74 Å². The number of hydrogen-bond acceptors (Lipinski definition) is 6. The van der Waals surface area contributed by atoms with Gasteiger partial charge in [0.15, 0.2) is 0 Å². The van der Waals surface area contributed by atoms with E-state index in [1.54, 1.807) is 14.0 Å². The first-order valence-corrected chi connectivity index (χ1v) is 5.46. The van der Waals surface area contributed by atoms with Crippen LogP contribution in [0, 0.1) is 0 Å². The first-order chi connectivity index (χ1) is 8.57. The highest BCUT2D eigenvalue weighted by Crippen LogP contribution is 2.40. The van der Waals surface area contributed by atoms with Crippen LogP contribution >= 0.6 is 0 Å². The van der Waals surface area contributed by atoms with Gasteiger partial charge in [0.05, 0.1) is 7.11 Å². The van der Waals surface area contributed by atoms with E-state index in [2.05, 4.69) is 10.2 Å². The van der Waals surface area contributed by atoms with E-state index in [1.165, 1.54) is 14.2 Å². The fraction of sp³-hybridized carbons (Fsp3) is 0.500. The highest BCUT2D eigenvalue weighted by atomic mass is 16.9. The Kier molecular flexibility index (Phi) is 3.34. The molecule has 1 unspecified atom stereocenters. The molecule has 0 bridgehead atoms. The Labute approximate surface area is 106 Å². The monoisotopic (exact) mass is 252 g/mol. The third kappa shape index (κ3) is 2.10. The minimum atomic E-state index is -1.46. The Morgan fingerprint density at radius 2 is 1.61 bits per heavy atom. The van der Waals surface area contributed by atoms with Crippen molar-refractivity contribution in [3.05, 3.63) is 29.8 Å². The van der Waals surface area contributed by atoms with Crippen molar-refractivity contribution in [2.45, 2.75) is 18.7 Å². The quantitative estimate of drug-likeness (QED) is 0.771. The molecule has 1 aliphatic rings. The summed E-state index contributed by atoms with van der Waals surface area (Å²) in [5.41, 5.74) is -0.0961. The summed E-state index contributed by atoms with van der Waals surface area (Å²) in [5.74, 6) is 0.766. The van der Waals surface area contributed by atoms with E-state index >= 15 is 0 Å². The summed E-state index contributed by atoms with van der Waals surface area (Å²) in [4.78, 5) is 0. The highest BCUT2D eigenvalue weighted by molar-refractivity contribution is 5.30. The van der Waals surface area contributed by atoms with Crippen molar-refractivity contribution in [1.29, 1.82) is 0 Å². The summed E-state index contributed by atoms with van der Waals surface area (Å²) in [6, 6.07) is 7.39. The highest BCUT2D eigenvalue weighted by Gasteiger charge is 2.48. The predicted octanol–water partition coefficient (Wildman–Crippen LogP) is 2.25. The Bertz CT molecular complexity index is 442. The van der Waals surface area contributed by atoms with Gasteiger partial charge in [-0.15, -0.1) is 5.11 Å². The summed E-state index contributed by atoms with van der Waals surface area (Å²) in [5, 5.41) is 8.00. The second-order valence-corrected chi connectivity index (χ2v) is 3.95. The maximum atomic E-state index is 5.68. The third-order valence-corrected chi connectivity index (χ3v) is 2.83. The van der Waals surface area contributed by atoms with Gasteiger partial charge in [0.2, 0.25) is 5.72 Å². The molecular formula is C12H16N2O4. The summed E-state index contributed by atoms with van der Waals surface area (Å²) in [7, 11) is 4.51. The van der Waals surface area contributed by atoms with Crippen LogP contribution in [-0.2, 0) is 19.9 Å². The van der Waals surface area contributed by atoms with Crippen molar-refractivity contribution in [2.24, 2.45) is 10.2 Å². The van der Waals surface area contributed by atoms with E-state index in [1.807, 2.05) is 24.3 Å². The molecule has 0 radical (unpaired) electrons.